The average molecular weight is 363 g/mol. The molecule has 6 N–H and O–H groups in total. The number of primary amides is 1. The number of nitrogens with two attached hydrogens (primary N) is 2. The van der Waals surface area contributed by atoms with Gasteiger partial charge < -0.3 is 31.6 Å². The largest absolute Gasteiger partial charge is 0.497 e. The van der Waals surface area contributed by atoms with E-state index in [0.717, 1.165) is 6.07 Å². The lowest BCUT2D eigenvalue weighted by molar-refractivity contribution is 0.100. The second-order valence-electron chi connectivity index (χ2n) is 5.37. The smallest absolute Gasteiger partial charge is 0.252 e. The van der Waals surface area contributed by atoms with E-state index in [1.54, 1.807) is 18.2 Å². The molecule has 0 spiro atoms. The molecular formula is C17H22FN5O3. The van der Waals surface area contributed by atoms with Gasteiger partial charge in [0.2, 0.25) is 0 Å². The zero-order valence-electron chi connectivity index (χ0n) is 14.6. The minimum atomic E-state index is -0.803. The fourth-order valence-corrected chi connectivity index (χ4v) is 2.22. The normalized spacial score (nSPS) is 10.3. The number of aromatic nitrogens is 1. The van der Waals surface area contributed by atoms with Gasteiger partial charge in [0.1, 0.15) is 17.3 Å². The summed E-state index contributed by atoms with van der Waals surface area (Å²) in [4.78, 5) is 15.8. The van der Waals surface area contributed by atoms with Gasteiger partial charge in [-0.05, 0) is 19.0 Å². The number of anilines is 3. The van der Waals surface area contributed by atoms with Gasteiger partial charge in [-0.2, -0.15) is 0 Å². The van der Waals surface area contributed by atoms with E-state index in [1.807, 2.05) is 0 Å². The lowest BCUT2D eigenvalue weighted by Crippen LogP contribution is -2.17. The van der Waals surface area contributed by atoms with Gasteiger partial charge in [-0.25, -0.2) is 9.37 Å². The van der Waals surface area contributed by atoms with E-state index in [0.29, 0.717) is 36.7 Å². The highest BCUT2D eigenvalue weighted by Crippen LogP contribution is 2.29. The summed E-state index contributed by atoms with van der Waals surface area (Å²) in [7, 11) is 3.03. The quantitative estimate of drug-likeness (QED) is 0.501. The van der Waals surface area contributed by atoms with Gasteiger partial charge in [-0.15, -0.1) is 0 Å². The van der Waals surface area contributed by atoms with Crippen molar-refractivity contribution < 1.29 is 18.7 Å². The number of halogens is 1. The van der Waals surface area contributed by atoms with Crippen LogP contribution >= 0.6 is 0 Å². The minimum Gasteiger partial charge on any atom is -0.497 e. The summed E-state index contributed by atoms with van der Waals surface area (Å²) in [5, 5.41) is 5.80. The number of hydrogen-bond donors (Lipinski definition) is 4. The lowest BCUT2D eigenvalue weighted by Gasteiger charge is -2.14. The van der Waals surface area contributed by atoms with Crippen LogP contribution in [-0.4, -0.2) is 38.2 Å². The third kappa shape index (κ3) is 4.73. The predicted molar refractivity (Wildman–Crippen MR) is 97.7 cm³/mol. The molecule has 0 aliphatic rings. The SMILES string of the molecule is COc1cc(Nc2nc(NCCCN)c(F)cc2C(N)=O)cc(OC)c1. The van der Waals surface area contributed by atoms with Crippen LogP contribution in [0.5, 0.6) is 11.5 Å². The molecule has 1 aromatic carbocycles. The maximum Gasteiger partial charge on any atom is 0.252 e. The van der Waals surface area contributed by atoms with Crippen LogP contribution in [0.1, 0.15) is 16.8 Å². The Hall–Kier alpha value is -3.07. The van der Waals surface area contributed by atoms with Crippen molar-refractivity contribution in [1.29, 1.82) is 0 Å². The Balaban J connectivity index is 2.40. The maximum atomic E-state index is 14.2. The highest BCUT2D eigenvalue weighted by molar-refractivity contribution is 5.98. The molecule has 1 amide bonds. The van der Waals surface area contributed by atoms with Crippen molar-refractivity contribution >= 4 is 23.2 Å². The van der Waals surface area contributed by atoms with Gasteiger partial charge >= 0.3 is 0 Å². The van der Waals surface area contributed by atoms with E-state index in [9.17, 15) is 9.18 Å². The second kappa shape index (κ2) is 8.86. The van der Waals surface area contributed by atoms with Gasteiger partial charge in [-0.1, -0.05) is 0 Å². The number of nitrogens with one attached hydrogen (secondary N) is 2. The first-order chi connectivity index (χ1) is 12.5. The van der Waals surface area contributed by atoms with Gasteiger partial charge in [0.25, 0.3) is 5.91 Å². The zero-order valence-corrected chi connectivity index (χ0v) is 14.6. The van der Waals surface area contributed by atoms with Crippen molar-refractivity contribution in [3.63, 3.8) is 0 Å². The molecule has 1 heterocycles. The molecule has 2 aromatic rings. The average Bonchev–Trinajstić information content (AvgIpc) is 2.63. The van der Waals surface area contributed by atoms with Crippen LogP contribution in [0.15, 0.2) is 24.3 Å². The summed E-state index contributed by atoms with van der Waals surface area (Å²) >= 11 is 0. The van der Waals surface area contributed by atoms with Crippen molar-refractivity contribution in [2.45, 2.75) is 6.42 Å². The summed E-state index contributed by atoms with van der Waals surface area (Å²) in [5.74, 6) is -0.288. The first kappa shape index (κ1) is 19.3. The lowest BCUT2D eigenvalue weighted by atomic mass is 10.2. The number of methoxy groups -OCH3 is 2. The molecule has 0 radical (unpaired) electrons. The maximum absolute atomic E-state index is 14.2. The minimum absolute atomic E-state index is 0.000751. The third-order valence-electron chi connectivity index (χ3n) is 3.53. The molecular weight excluding hydrogens is 341 g/mol. The molecule has 0 aliphatic carbocycles. The first-order valence-electron chi connectivity index (χ1n) is 7.92. The molecule has 140 valence electrons. The van der Waals surface area contributed by atoms with Crippen LogP contribution in [0.3, 0.4) is 0 Å². The van der Waals surface area contributed by atoms with Crippen LogP contribution in [0.2, 0.25) is 0 Å². The molecule has 0 atom stereocenters. The molecule has 0 saturated heterocycles. The van der Waals surface area contributed by atoms with Crippen molar-refractivity contribution in [2.75, 3.05) is 37.9 Å². The van der Waals surface area contributed by atoms with Gasteiger partial charge in [0, 0.05) is 30.4 Å². The number of hydrogen-bond acceptors (Lipinski definition) is 7. The number of nitrogens with zero attached hydrogens (tertiary/aromatic N) is 1. The summed E-state index contributed by atoms with van der Waals surface area (Å²) in [6.07, 6.45) is 0.647. The highest BCUT2D eigenvalue weighted by atomic mass is 19.1. The standard InChI is InChI=1S/C17H22FN5O3/c1-25-11-6-10(7-12(8-11)26-2)22-16-13(15(20)24)9-14(18)17(23-16)21-5-3-4-19/h6-9H,3-5,19H2,1-2H3,(H2,20,24)(H2,21,22,23). The summed E-state index contributed by atoms with van der Waals surface area (Å²) in [5.41, 5.74) is 11.2. The fourth-order valence-electron chi connectivity index (χ4n) is 2.22. The van der Waals surface area contributed by atoms with Gasteiger partial charge in [0.15, 0.2) is 11.6 Å². The van der Waals surface area contributed by atoms with Crippen LogP contribution in [-0.2, 0) is 0 Å². The molecule has 9 heteroatoms. The molecule has 0 unspecified atom stereocenters. The van der Waals surface area contributed by atoms with E-state index in [-0.39, 0.29) is 17.2 Å². The Morgan fingerprint density at radius 1 is 1.15 bits per heavy atom. The van der Waals surface area contributed by atoms with E-state index in [2.05, 4.69) is 15.6 Å². The molecule has 0 saturated carbocycles. The first-order valence-corrected chi connectivity index (χ1v) is 7.92. The van der Waals surface area contributed by atoms with Crippen molar-refractivity contribution in [2.24, 2.45) is 11.5 Å². The Kier molecular flexibility index (Phi) is 6.56. The number of amides is 1. The molecule has 2 rings (SSSR count). The van der Waals surface area contributed by atoms with E-state index in [4.69, 9.17) is 20.9 Å². The fraction of sp³-hybridized carbons (Fsp3) is 0.294. The Labute approximate surface area is 150 Å². The number of pyridine rings is 1. The molecule has 0 aliphatic heterocycles. The van der Waals surface area contributed by atoms with Crippen LogP contribution in [0, 0.1) is 5.82 Å². The third-order valence-corrected chi connectivity index (χ3v) is 3.53. The number of carbonyl (C=O) groups is 1. The molecule has 0 bridgehead atoms. The highest BCUT2D eigenvalue weighted by Gasteiger charge is 2.16. The monoisotopic (exact) mass is 363 g/mol. The summed E-state index contributed by atoms with van der Waals surface area (Å²) < 4.78 is 24.6. The molecule has 0 fully saturated rings. The topological polar surface area (TPSA) is 125 Å². The number of carbonyl (C=O) groups excluding carboxylic acids is 1. The van der Waals surface area contributed by atoms with E-state index < -0.39 is 11.7 Å². The number of benzene rings is 1. The number of ether oxygens (including phenoxy) is 2. The Bertz CT molecular complexity index is 763. The van der Waals surface area contributed by atoms with Crippen molar-refractivity contribution in [3.05, 3.63) is 35.6 Å². The predicted octanol–water partition coefficient (Wildman–Crippen LogP) is 1.84. The second-order valence-corrected chi connectivity index (χ2v) is 5.37. The Morgan fingerprint density at radius 3 is 2.35 bits per heavy atom. The Morgan fingerprint density at radius 2 is 1.81 bits per heavy atom. The van der Waals surface area contributed by atoms with Gasteiger partial charge in [0.05, 0.1) is 19.8 Å². The summed E-state index contributed by atoms with van der Waals surface area (Å²) in [6, 6.07) is 6.09. The van der Waals surface area contributed by atoms with Crippen molar-refractivity contribution in [3.8, 4) is 11.5 Å². The van der Waals surface area contributed by atoms with E-state index in [1.165, 1.54) is 14.2 Å². The summed E-state index contributed by atoms with van der Waals surface area (Å²) in [6.45, 7) is 0.908. The molecule has 1 aromatic heterocycles. The van der Waals surface area contributed by atoms with Crippen LogP contribution < -0.4 is 31.6 Å². The van der Waals surface area contributed by atoms with Gasteiger partial charge in [-0.3, -0.25) is 4.79 Å². The van der Waals surface area contributed by atoms with Crippen LogP contribution in [0.25, 0.3) is 0 Å². The van der Waals surface area contributed by atoms with Crippen molar-refractivity contribution in [1.82, 2.24) is 4.98 Å². The van der Waals surface area contributed by atoms with E-state index >= 15 is 0 Å². The molecule has 8 nitrogen and oxygen atoms in total. The number of rotatable bonds is 9. The zero-order chi connectivity index (χ0) is 19.1. The molecule has 26 heavy (non-hydrogen) atoms. The van der Waals surface area contributed by atoms with Crippen LogP contribution in [0.4, 0.5) is 21.7 Å².